The average Bonchev–Trinajstić information content (AvgIpc) is 2.18. The number of aliphatic hydroxyl groups is 1. The van der Waals surface area contributed by atoms with Crippen LogP contribution in [0.5, 0.6) is 5.75 Å². The van der Waals surface area contributed by atoms with Crippen LogP contribution in [0.4, 0.5) is 0 Å². The molecule has 1 aromatic carbocycles. The number of rotatable bonds is 5. The fourth-order valence-electron chi connectivity index (χ4n) is 1.06. The Labute approximate surface area is 93.2 Å². The molecule has 0 aliphatic carbocycles. The maximum Gasteiger partial charge on any atom is 0.126 e. The monoisotopic (exact) mass is 232 g/mol. The second-order valence-corrected chi connectivity index (χ2v) is 4.11. The van der Waals surface area contributed by atoms with Crippen LogP contribution in [0.2, 0.25) is 5.02 Å². The lowest BCUT2D eigenvalue weighted by Gasteiger charge is -2.10. The first-order valence-corrected chi connectivity index (χ1v) is 6.06. The minimum Gasteiger partial charge on any atom is -0.492 e. The van der Waals surface area contributed by atoms with Gasteiger partial charge in [-0.1, -0.05) is 17.7 Å². The highest BCUT2D eigenvalue weighted by Gasteiger charge is 2.06. The minimum absolute atomic E-state index is 0.0890. The second-order valence-electron chi connectivity index (χ2n) is 2.72. The topological polar surface area (TPSA) is 29.5 Å². The molecule has 0 aliphatic rings. The van der Waals surface area contributed by atoms with Crippen molar-refractivity contribution in [3.05, 3.63) is 28.8 Å². The Balaban J connectivity index is 2.70. The molecule has 0 radical (unpaired) electrons. The molecule has 1 N–H and O–H groups in total. The third-order valence-electron chi connectivity index (χ3n) is 1.78. The number of halogens is 1. The van der Waals surface area contributed by atoms with Crippen molar-refractivity contribution in [3.8, 4) is 5.75 Å². The van der Waals surface area contributed by atoms with Crippen LogP contribution in [0.25, 0.3) is 0 Å². The summed E-state index contributed by atoms with van der Waals surface area (Å²) in [6.07, 6.45) is 2.02. The SMILES string of the molecule is CSCCOc1cccc(Cl)c1CO. The minimum atomic E-state index is -0.0890. The van der Waals surface area contributed by atoms with Gasteiger partial charge in [0.1, 0.15) is 5.75 Å². The highest BCUT2D eigenvalue weighted by Crippen LogP contribution is 2.26. The molecular formula is C10H13ClO2S. The van der Waals surface area contributed by atoms with Crippen LogP contribution in [-0.4, -0.2) is 23.7 Å². The van der Waals surface area contributed by atoms with E-state index in [0.717, 1.165) is 5.75 Å². The predicted octanol–water partition coefficient (Wildman–Crippen LogP) is 2.57. The Morgan fingerprint density at radius 3 is 2.93 bits per heavy atom. The van der Waals surface area contributed by atoms with Crippen LogP contribution in [0.15, 0.2) is 18.2 Å². The van der Waals surface area contributed by atoms with Gasteiger partial charge < -0.3 is 9.84 Å². The quantitative estimate of drug-likeness (QED) is 0.792. The van der Waals surface area contributed by atoms with Gasteiger partial charge in [-0.3, -0.25) is 0 Å². The third-order valence-corrected chi connectivity index (χ3v) is 2.71. The van der Waals surface area contributed by atoms with Crippen LogP contribution in [0.3, 0.4) is 0 Å². The van der Waals surface area contributed by atoms with Crippen molar-refractivity contribution in [3.63, 3.8) is 0 Å². The van der Waals surface area contributed by atoms with Crippen LogP contribution in [0, 0.1) is 0 Å². The molecule has 0 bridgehead atoms. The van der Waals surface area contributed by atoms with Gasteiger partial charge in [-0.15, -0.1) is 0 Å². The smallest absolute Gasteiger partial charge is 0.126 e. The van der Waals surface area contributed by atoms with E-state index in [0.29, 0.717) is 22.9 Å². The fourth-order valence-corrected chi connectivity index (χ4v) is 1.54. The Hall–Kier alpha value is -0.380. The van der Waals surface area contributed by atoms with E-state index in [4.69, 9.17) is 21.4 Å². The Morgan fingerprint density at radius 1 is 1.50 bits per heavy atom. The third kappa shape index (κ3) is 3.08. The van der Waals surface area contributed by atoms with Gasteiger partial charge in [-0.2, -0.15) is 11.8 Å². The van der Waals surface area contributed by atoms with Crippen molar-refractivity contribution in [2.24, 2.45) is 0 Å². The summed E-state index contributed by atoms with van der Waals surface area (Å²) in [6.45, 7) is 0.544. The first-order chi connectivity index (χ1) is 6.79. The summed E-state index contributed by atoms with van der Waals surface area (Å²) in [6, 6.07) is 5.38. The largest absolute Gasteiger partial charge is 0.492 e. The summed E-state index contributed by atoms with van der Waals surface area (Å²) < 4.78 is 5.48. The number of thioether (sulfide) groups is 1. The standard InChI is InChI=1S/C10H13ClO2S/c1-14-6-5-13-10-4-2-3-9(11)8(10)7-12/h2-4,12H,5-7H2,1H3. The van der Waals surface area contributed by atoms with Crippen molar-refractivity contribution in [2.75, 3.05) is 18.6 Å². The van der Waals surface area contributed by atoms with Gasteiger partial charge >= 0.3 is 0 Å². The number of benzene rings is 1. The van der Waals surface area contributed by atoms with Crippen LogP contribution >= 0.6 is 23.4 Å². The van der Waals surface area contributed by atoms with Crippen LogP contribution < -0.4 is 4.74 Å². The average molecular weight is 233 g/mol. The number of hydrogen-bond acceptors (Lipinski definition) is 3. The lowest BCUT2D eigenvalue weighted by atomic mass is 10.2. The van der Waals surface area contributed by atoms with Crippen LogP contribution in [-0.2, 0) is 6.61 Å². The molecule has 1 aromatic rings. The van der Waals surface area contributed by atoms with E-state index in [-0.39, 0.29) is 6.61 Å². The van der Waals surface area contributed by atoms with E-state index < -0.39 is 0 Å². The van der Waals surface area contributed by atoms with Crippen molar-refractivity contribution >= 4 is 23.4 Å². The molecular weight excluding hydrogens is 220 g/mol. The van der Waals surface area contributed by atoms with Gasteiger partial charge in [-0.25, -0.2) is 0 Å². The van der Waals surface area contributed by atoms with Gasteiger partial charge in [-0.05, 0) is 18.4 Å². The maximum atomic E-state index is 9.09. The molecule has 0 aromatic heterocycles. The zero-order chi connectivity index (χ0) is 10.4. The number of ether oxygens (including phenoxy) is 1. The summed E-state index contributed by atoms with van der Waals surface area (Å²) in [5.74, 6) is 1.60. The van der Waals surface area contributed by atoms with Gasteiger partial charge in [0.2, 0.25) is 0 Å². The number of aliphatic hydroxyl groups excluding tert-OH is 1. The molecule has 4 heteroatoms. The molecule has 0 spiro atoms. The summed E-state index contributed by atoms with van der Waals surface area (Å²) >= 11 is 7.62. The normalized spacial score (nSPS) is 10.2. The molecule has 2 nitrogen and oxygen atoms in total. The molecule has 1 rings (SSSR count). The van der Waals surface area contributed by atoms with Crippen LogP contribution in [0.1, 0.15) is 5.56 Å². The molecule has 0 saturated heterocycles. The van der Waals surface area contributed by atoms with E-state index >= 15 is 0 Å². The highest BCUT2D eigenvalue weighted by molar-refractivity contribution is 7.98. The molecule has 78 valence electrons. The lowest BCUT2D eigenvalue weighted by Crippen LogP contribution is -2.02. The molecule has 0 amide bonds. The molecule has 0 heterocycles. The Kier molecular flexibility index (Phi) is 5.15. The molecule has 14 heavy (non-hydrogen) atoms. The van der Waals surface area contributed by atoms with Crippen molar-refractivity contribution in [1.82, 2.24) is 0 Å². The number of hydrogen-bond donors (Lipinski definition) is 1. The first kappa shape index (κ1) is 11.7. The van der Waals surface area contributed by atoms with E-state index in [1.165, 1.54) is 0 Å². The summed E-state index contributed by atoms with van der Waals surface area (Å²) in [4.78, 5) is 0. The van der Waals surface area contributed by atoms with Gasteiger partial charge in [0.05, 0.1) is 13.2 Å². The Bertz CT molecular complexity index is 291. The molecule has 0 atom stereocenters. The van der Waals surface area contributed by atoms with E-state index in [1.54, 1.807) is 17.8 Å². The maximum absolute atomic E-state index is 9.09. The zero-order valence-corrected chi connectivity index (χ0v) is 9.57. The van der Waals surface area contributed by atoms with Gasteiger partial charge in [0, 0.05) is 16.3 Å². The van der Waals surface area contributed by atoms with E-state index in [2.05, 4.69) is 0 Å². The van der Waals surface area contributed by atoms with Gasteiger partial charge in [0.15, 0.2) is 0 Å². The second kappa shape index (κ2) is 6.17. The molecule has 0 unspecified atom stereocenters. The van der Waals surface area contributed by atoms with E-state index in [9.17, 15) is 0 Å². The fraction of sp³-hybridized carbons (Fsp3) is 0.400. The highest BCUT2D eigenvalue weighted by atomic mass is 35.5. The summed E-state index contributed by atoms with van der Waals surface area (Å²) in [5.41, 5.74) is 0.662. The van der Waals surface area contributed by atoms with Gasteiger partial charge in [0.25, 0.3) is 0 Å². The predicted molar refractivity (Wildman–Crippen MR) is 61.3 cm³/mol. The van der Waals surface area contributed by atoms with Crippen molar-refractivity contribution in [2.45, 2.75) is 6.61 Å². The van der Waals surface area contributed by atoms with Crippen molar-refractivity contribution in [1.29, 1.82) is 0 Å². The summed E-state index contributed by atoms with van der Waals surface area (Å²) in [5, 5.41) is 9.64. The first-order valence-electron chi connectivity index (χ1n) is 4.29. The molecule has 0 fully saturated rings. The Morgan fingerprint density at radius 2 is 2.29 bits per heavy atom. The molecule has 0 aliphatic heterocycles. The summed E-state index contributed by atoms with van der Waals surface area (Å²) in [7, 11) is 0. The molecule has 0 saturated carbocycles. The zero-order valence-electron chi connectivity index (χ0n) is 8.00. The van der Waals surface area contributed by atoms with Crippen molar-refractivity contribution < 1.29 is 9.84 Å². The lowest BCUT2D eigenvalue weighted by molar-refractivity contribution is 0.267. The van der Waals surface area contributed by atoms with E-state index in [1.807, 2.05) is 18.4 Å².